The molecule has 88 valence electrons. The molecule has 1 rings (SSSR count). The van der Waals surface area contributed by atoms with E-state index in [-0.39, 0.29) is 25.1 Å². The van der Waals surface area contributed by atoms with Crippen molar-refractivity contribution in [3.05, 3.63) is 0 Å². The zero-order valence-electron chi connectivity index (χ0n) is 8.46. The summed E-state index contributed by atoms with van der Waals surface area (Å²) in [5, 5.41) is 11.6. The molecule has 0 bridgehead atoms. The normalized spacial score (nSPS) is 20.9. The standard InChI is InChI=1S/C9H16F2N2O2/c10-8(11)6-13(4-5-14)9(15)7-2-1-3-12-7/h7-8,12,14H,1-6H2/t7-/m1/s1. The van der Waals surface area contributed by atoms with Crippen LogP contribution in [0.4, 0.5) is 8.78 Å². The minimum absolute atomic E-state index is 0.0264. The summed E-state index contributed by atoms with van der Waals surface area (Å²) in [5.74, 6) is -0.332. The van der Waals surface area contributed by atoms with E-state index < -0.39 is 13.0 Å². The number of halogens is 2. The topological polar surface area (TPSA) is 52.6 Å². The number of aliphatic hydroxyl groups is 1. The molecule has 1 fully saturated rings. The molecule has 1 saturated heterocycles. The highest BCUT2D eigenvalue weighted by molar-refractivity contribution is 5.82. The summed E-state index contributed by atoms with van der Waals surface area (Å²) in [6.07, 6.45) is -0.982. The molecule has 1 amide bonds. The molecule has 2 N–H and O–H groups in total. The van der Waals surface area contributed by atoms with Gasteiger partial charge in [0, 0.05) is 6.54 Å². The van der Waals surface area contributed by atoms with Gasteiger partial charge in [0.25, 0.3) is 6.43 Å². The number of alkyl halides is 2. The van der Waals surface area contributed by atoms with Gasteiger partial charge in [-0.25, -0.2) is 8.78 Å². The molecule has 0 aromatic rings. The van der Waals surface area contributed by atoms with Gasteiger partial charge in [-0.3, -0.25) is 4.79 Å². The lowest BCUT2D eigenvalue weighted by molar-refractivity contribution is -0.135. The van der Waals surface area contributed by atoms with Crippen molar-refractivity contribution >= 4 is 5.91 Å². The molecule has 1 heterocycles. The SMILES string of the molecule is O=C([C@H]1CCCN1)N(CCO)CC(F)F. The molecule has 1 atom stereocenters. The van der Waals surface area contributed by atoms with E-state index in [0.717, 1.165) is 17.9 Å². The van der Waals surface area contributed by atoms with E-state index in [1.165, 1.54) is 0 Å². The Labute approximate surface area is 87.2 Å². The van der Waals surface area contributed by atoms with Crippen molar-refractivity contribution in [1.82, 2.24) is 10.2 Å². The Morgan fingerprint density at radius 1 is 1.60 bits per heavy atom. The minimum Gasteiger partial charge on any atom is -0.395 e. The lowest BCUT2D eigenvalue weighted by Crippen LogP contribution is -2.46. The smallest absolute Gasteiger partial charge is 0.255 e. The van der Waals surface area contributed by atoms with E-state index in [2.05, 4.69) is 5.32 Å². The van der Waals surface area contributed by atoms with Crippen LogP contribution in [0.15, 0.2) is 0 Å². The van der Waals surface area contributed by atoms with Crippen LogP contribution in [0.3, 0.4) is 0 Å². The van der Waals surface area contributed by atoms with E-state index in [1.807, 2.05) is 0 Å². The maximum absolute atomic E-state index is 12.2. The Kier molecular flexibility index (Phi) is 4.90. The zero-order valence-corrected chi connectivity index (χ0v) is 8.46. The summed E-state index contributed by atoms with van der Waals surface area (Å²) in [5.41, 5.74) is 0. The quantitative estimate of drug-likeness (QED) is 0.678. The van der Waals surface area contributed by atoms with Crippen LogP contribution >= 0.6 is 0 Å². The fourth-order valence-electron chi connectivity index (χ4n) is 1.69. The van der Waals surface area contributed by atoms with Crippen molar-refractivity contribution in [1.29, 1.82) is 0 Å². The average molecular weight is 222 g/mol. The molecular weight excluding hydrogens is 206 g/mol. The molecule has 0 aromatic carbocycles. The van der Waals surface area contributed by atoms with Gasteiger partial charge in [-0.05, 0) is 19.4 Å². The van der Waals surface area contributed by atoms with E-state index in [4.69, 9.17) is 5.11 Å². The van der Waals surface area contributed by atoms with Crippen LogP contribution in [0.2, 0.25) is 0 Å². The molecule has 0 unspecified atom stereocenters. The van der Waals surface area contributed by atoms with E-state index in [0.29, 0.717) is 6.42 Å². The Hall–Kier alpha value is -0.750. The van der Waals surface area contributed by atoms with Crippen LogP contribution in [0.25, 0.3) is 0 Å². The maximum atomic E-state index is 12.2. The van der Waals surface area contributed by atoms with Gasteiger partial charge in [0.2, 0.25) is 5.91 Å². The first kappa shape index (κ1) is 12.3. The summed E-state index contributed by atoms with van der Waals surface area (Å²) in [4.78, 5) is 12.7. The second-order valence-corrected chi connectivity index (χ2v) is 3.55. The lowest BCUT2D eigenvalue weighted by Gasteiger charge is -2.24. The number of rotatable bonds is 5. The molecule has 0 radical (unpaired) electrons. The third-order valence-corrected chi connectivity index (χ3v) is 2.40. The number of hydrogen-bond donors (Lipinski definition) is 2. The summed E-state index contributed by atoms with van der Waals surface area (Å²) in [7, 11) is 0. The van der Waals surface area contributed by atoms with Gasteiger partial charge in [0.15, 0.2) is 0 Å². The van der Waals surface area contributed by atoms with E-state index >= 15 is 0 Å². The molecule has 15 heavy (non-hydrogen) atoms. The second kappa shape index (κ2) is 5.97. The van der Waals surface area contributed by atoms with Crippen LogP contribution in [0, 0.1) is 0 Å². The number of nitrogens with one attached hydrogen (secondary N) is 1. The third kappa shape index (κ3) is 3.71. The van der Waals surface area contributed by atoms with Gasteiger partial charge in [-0.1, -0.05) is 0 Å². The highest BCUT2D eigenvalue weighted by Gasteiger charge is 2.27. The van der Waals surface area contributed by atoms with Gasteiger partial charge >= 0.3 is 0 Å². The first-order chi connectivity index (χ1) is 7.15. The molecular formula is C9H16F2N2O2. The monoisotopic (exact) mass is 222 g/mol. The van der Waals surface area contributed by atoms with Crippen LogP contribution in [-0.4, -0.2) is 54.6 Å². The Balaban J connectivity index is 2.49. The molecule has 1 aliphatic heterocycles. The van der Waals surface area contributed by atoms with Crippen LogP contribution < -0.4 is 5.32 Å². The number of nitrogens with zero attached hydrogens (tertiary/aromatic N) is 1. The number of aliphatic hydroxyl groups excluding tert-OH is 1. The fourth-order valence-corrected chi connectivity index (χ4v) is 1.69. The number of amides is 1. The van der Waals surface area contributed by atoms with Gasteiger partial charge in [-0.15, -0.1) is 0 Å². The fraction of sp³-hybridized carbons (Fsp3) is 0.889. The van der Waals surface area contributed by atoms with Gasteiger partial charge in [-0.2, -0.15) is 0 Å². The first-order valence-corrected chi connectivity index (χ1v) is 5.06. The molecule has 0 aliphatic carbocycles. The first-order valence-electron chi connectivity index (χ1n) is 5.06. The predicted molar refractivity (Wildman–Crippen MR) is 50.7 cm³/mol. The number of hydrogen-bond acceptors (Lipinski definition) is 3. The van der Waals surface area contributed by atoms with Gasteiger partial charge in [0.1, 0.15) is 0 Å². The van der Waals surface area contributed by atoms with Crippen molar-refractivity contribution in [3.63, 3.8) is 0 Å². The van der Waals surface area contributed by atoms with Crippen molar-refractivity contribution in [2.45, 2.75) is 25.3 Å². The molecule has 0 spiro atoms. The minimum atomic E-state index is -2.55. The van der Waals surface area contributed by atoms with Gasteiger partial charge < -0.3 is 15.3 Å². The summed E-state index contributed by atoms with van der Waals surface area (Å²) in [6.45, 7) is -0.165. The largest absolute Gasteiger partial charge is 0.395 e. The highest BCUT2D eigenvalue weighted by Crippen LogP contribution is 2.09. The second-order valence-electron chi connectivity index (χ2n) is 3.55. The highest BCUT2D eigenvalue weighted by atomic mass is 19.3. The Bertz CT molecular complexity index is 208. The zero-order chi connectivity index (χ0) is 11.3. The third-order valence-electron chi connectivity index (χ3n) is 2.40. The molecule has 1 aliphatic rings. The summed E-state index contributed by atoms with van der Waals surface area (Å²) < 4.78 is 24.3. The maximum Gasteiger partial charge on any atom is 0.255 e. The van der Waals surface area contributed by atoms with E-state index in [9.17, 15) is 13.6 Å². The Morgan fingerprint density at radius 3 is 2.80 bits per heavy atom. The average Bonchev–Trinajstić information content (AvgIpc) is 2.68. The number of carbonyl (C=O) groups excluding carboxylic acids is 1. The summed E-state index contributed by atoms with van der Waals surface area (Å²) >= 11 is 0. The van der Waals surface area contributed by atoms with Crippen LogP contribution in [-0.2, 0) is 4.79 Å². The molecule has 0 saturated carbocycles. The van der Waals surface area contributed by atoms with Gasteiger partial charge in [0.05, 0.1) is 19.2 Å². The van der Waals surface area contributed by atoms with Crippen molar-refractivity contribution in [2.75, 3.05) is 26.2 Å². The van der Waals surface area contributed by atoms with Crippen molar-refractivity contribution < 1.29 is 18.7 Å². The van der Waals surface area contributed by atoms with E-state index in [1.54, 1.807) is 0 Å². The molecule has 6 heteroatoms. The molecule has 4 nitrogen and oxygen atoms in total. The lowest BCUT2D eigenvalue weighted by atomic mass is 10.2. The predicted octanol–water partition coefficient (Wildman–Crippen LogP) is -0.176. The van der Waals surface area contributed by atoms with Crippen LogP contribution in [0.1, 0.15) is 12.8 Å². The molecule has 0 aromatic heterocycles. The van der Waals surface area contributed by atoms with Crippen LogP contribution in [0.5, 0.6) is 0 Å². The Morgan fingerprint density at radius 2 is 2.33 bits per heavy atom. The van der Waals surface area contributed by atoms with Crippen molar-refractivity contribution in [3.8, 4) is 0 Å². The number of carbonyl (C=O) groups is 1. The summed E-state index contributed by atoms with van der Waals surface area (Å²) in [6, 6.07) is -0.352. The van der Waals surface area contributed by atoms with Crippen molar-refractivity contribution in [2.24, 2.45) is 0 Å².